The van der Waals surface area contributed by atoms with E-state index < -0.39 is 22.1 Å². The van der Waals surface area contributed by atoms with Crippen LogP contribution in [0, 0.1) is 0 Å². The second-order valence-electron chi connectivity index (χ2n) is 6.13. The lowest BCUT2D eigenvalue weighted by molar-refractivity contribution is -0.119. The van der Waals surface area contributed by atoms with Crippen LogP contribution < -0.4 is 5.73 Å². The van der Waals surface area contributed by atoms with Gasteiger partial charge in [0.05, 0.1) is 12.5 Å². The fourth-order valence-electron chi connectivity index (χ4n) is 2.58. The van der Waals surface area contributed by atoms with Crippen molar-refractivity contribution in [2.75, 3.05) is 0 Å². The summed E-state index contributed by atoms with van der Waals surface area (Å²) >= 11 is 0. The van der Waals surface area contributed by atoms with E-state index in [1.807, 2.05) is 6.07 Å². The summed E-state index contributed by atoms with van der Waals surface area (Å²) in [7, 11) is -3.74. The summed E-state index contributed by atoms with van der Waals surface area (Å²) in [6.07, 6.45) is 6.35. The van der Waals surface area contributed by atoms with Gasteiger partial charge in [0.25, 0.3) is 10.1 Å². The minimum absolute atomic E-state index is 0.0665. The Morgan fingerprint density at radius 1 is 1.08 bits per heavy atom. The van der Waals surface area contributed by atoms with E-state index in [-0.39, 0.29) is 12.2 Å². The molecule has 1 amide bonds. The lowest BCUT2D eigenvalue weighted by atomic mass is 10.1. The Kier molecular flexibility index (Phi) is 9.64. The molecule has 0 aromatic heterocycles. The van der Waals surface area contributed by atoms with Gasteiger partial charge in [-0.25, -0.2) is 0 Å². The van der Waals surface area contributed by atoms with Crippen molar-refractivity contribution in [1.29, 1.82) is 0 Å². The van der Waals surface area contributed by atoms with Gasteiger partial charge in [-0.2, -0.15) is 8.42 Å². The quantitative estimate of drug-likeness (QED) is 0.433. The zero-order valence-electron chi connectivity index (χ0n) is 14.4. The van der Waals surface area contributed by atoms with E-state index >= 15 is 0 Å². The van der Waals surface area contributed by atoms with Gasteiger partial charge in [-0.1, -0.05) is 75.8 Å². The van der Waals surface area contributed by atoms with Crippen molar-refractivity contribution in [3.63, 3.8) is 0 Å². The molecule has 0 aliphatic rings. The zero-order valence-corrected chi connectivity index (χ0v) is 15.3. The highest BCUT2D eigenvalue weighted by atomic mass is 32.2. The van der Waals surface area contributed by atoms with Gasteiger partial charge in [-0.05, 0) is 12.0 Å². The van der Waals surface area contributed by atoms with E-state index in [0.29, 0.717) is 12.0 Å². The third kappa shape index (κ3) is 9.67. The van der Waals surface area contributed by atoms with Crippen molar-refractivity contribution in [2.24, 2.45) is 5.73 Å². The fraction of sp³-hybridized carbons (Fsp3) is 0.611. The molecule has 0 spiro atoms. The molecule has 0 fully saturated rings. The highest BCUT2D eigenvalue weighted by Gasteiger charge is 2.21. The van der Waals surface area contributed by atoms with Gasteiger partial charge in [-0.3, -0.25) is 8.98 Å². The average Bonchev–Trinajstić information content (AvgIpc) is 2.50. The summed E-state index contributed by atoms with van der Waals surface area (Å²) in [5.41, 5.74) is 5.88. The summed E-state index contributed by atoms with van der Waals surface area (Å²) in [6, 6.07) is 8.85. The standard InChI is InChI=1S/C18H29NO4S/c1-2-3-4-5-6-10-13-17(14-18(19)20)23-24(21,22)15-16-11-8-7-9-12-16/h7-9,11-12,17H,2-6,10,13-15H2,1H3,(H2,19,20)/t17-/m1/s1. The first kappa shape index (κ1) is 20.6. The van der Waals surface area contributed by atoms with Crippen molar-refractivity contribution in [3.8, 4) is 0 Å². The van der Waals surface area contributed by atoms with Crippen molar-refractivity contribution >= 4 is 16.0 Å². The van der Waals surface area contributed by atoms with Crippen LogP contribution in [0.4, 0.5) is 0 Å². The zero-order chi connectivity index (χ0) is 17.8. The number of hydrogen-bond acceptors (Lipinski definition) is 4. The Bertz CT molecular complexity index is 572. The average molecular weight is 356 g/mol. The lowest BCUT2D eigenvalue weighted by Crippen LogP contribution is -2.26. The Balaban J connectivity index is 2.49. The second-order valence-corrected chi connectivity index (χ2v) is 7.73. The molecule has 0 unspecified atom stereocenters. The highest BCUT2D eigenvalue weighted by molar-refractivity contribution is 7.85. The number of benzene rings is 1. The minimum atomic E-state index is -3.74. The molecule has 1 aromatic rings. The summed E-state index contributed by atoms with van der Waals surface area (Å²) in [5.74, 6) is -0.736. The van der Waals surface area contributed by atoms with Crippen LogP contribution in [0.2, 0.25) is 0 Å². The Hall–Kier alpha value is -1.40. The molecule has 1 aromatic carbocycles. The molecular weight excluding hydrogens is 326 g/mol. The second kappa shape index (κ2) is 11.2. The molecule has 0 saturated carbocycles. The van der Waals surface area contributed by atoms with Crippen LogP contribution in [0.3, 0.4) is 0 Å². The van der Waals surface area contributed by atoms with Crippen LogP contribution in [-0.2, 0) is 24.8 Å². The molecule has 0 heterocycles. The van der Waals surface area contributed by atoms with E-state index in [9.17, 15) is 13.2 Å². The smallest absolute Gasteiger partial charge is 0.271 e. The van der Waals surface area contributed by atoms with Crippen LogP contribution in [0.1, 0.15) is 63.9 Å². The first-order valence-corrected chi connectivity index (χ1v) is 10.2. The number of hydrogen-bond donors (Lipinski definition) is 1. The third-order valence-electron chi connectivity index (χ3n) is 3.78. The van der Waals surface area contributed by atoms with Crippen LogP contribution in [0.15, 0.2) is 30.3 Å². The summed E-state index contributed by atoms with van der Waals surface area (Å²) in [4.78, 5) is 11.2. The molecule has 0 bridgehead atoms. The molecule has 0 aliphatic carbocycles. The number of unbranched alkanes of at least 4 members (excludes halogenated alkanes) is 5. The maximum atomic E-state index is 12.2. The van der Waals surface area contributed by atoms with Crippen molar-refractivity contribution in [3.05, 3.63) is 35.9 Å². The molecule has 1 rings (SSSR count). The molecule has 0 saturated heterocycles. The number of carbonyl (C=O) groups is 1. The number of rotatable bonds is 13. The van der Waals surface area contributed by atoms with Gasteiger partial charge in [0, 0.05) is 0 Å². The Morgan fingerprint density at radius 2 is 1.71 bits per heavy atom. The van der Waals surface area contributed by atoms with Crippen molar-refractivity contribution < 1.29 is 17.4 Å². The summed E-state index contributed by atoms with van der Waals surface area (Å²) in [6.45, 7) is 2.16. The van der Waals surface area contributed by atoms with Crippen LogP contribution >= 0.6 is 0 Å². The minimum Gasteiger partial charge on any atom is -0.370 e. The fourth-order valence-corrected chi connectivity index (χ4v) is 3.83. The number of primary amides is 1. The molecule has 2 N–H and O–H groups in total. The largest absolute Gasteiger partial charge is 0.370 e. The number of amides is 1. The van der Waals surface area contributed by atoms with Gasteiger partial charge in [0.1, 0.15) is 5.75 Å². The number of nitrogens with two attached hydrogens (primary N) is 1. The molecule has 0 radical (unpaired) electrons. The Labute approximate surface area is 145 Å². The summed E-state index contributed by atoms with van der Waals surface area (Å²) in [5, 5.41) is 0. The maximum absolute atomic E-state index is 12.2. The maximum Gasteiger partial charge on any atom is 0.271 e. The van der Waals surface area contributed by atoms with Crippen LogP contribution in [0.5, 0.6) is 0 Å². The van der Waals surface area contributed by atoms with E-state index in [1.165, 1.54) is 19.3 Å². The lowest BCUT2D eigenvalue weighted by Gasteiger charge is -2.16. The molecule has 0 aliphatic heterocycles. The van der Waals surface area contributed by atoms with Crippen molar-refractivity contribution in [2.45, 2.75) is 70.1 Å². The monoisotopic (exact) mass is 355 g/mol. The predicted molar refractivity (Wildman–Crippen MR) is 95.7 cm³/mol. The first-order valence-electron chi connectivity index (χ1n) is 8.66. The SMILES string of the molecule is CCCCCCCC[C@H](CC(N)=O)OS(=O)(=O)Cc1ccccc1. The van der Waals surface area contributed by atoms with E-state index in [2.05, 4.69) is 6.92 Å². The van der Waals surface area contributed by atoms with Crippen LogP contribution in [-0.4, -0.2) is 20.4 Å². The van der Waals surface area contributed by atoms with E-state index in [4.69, 9.17) is 9.92 Å². The first-order chi connectivity index (χ1) is 11.4. The summed E-state index contributed by atoms with van der Waals surface area (Å²) < 4.78 is 29.6. The predicted octanol–water partition coefficient (Wildman–Crippen LogP) is 3.53. The number of carbonyl (C=O) groups excluding carboxylic acids is 1. The van der Waals surface area contributed by atoms with E-state index in [0.717, 1.165) is 19.3 Å². The molecule has 24 heavy (non-hydrogen) atoms. The normalized spacial score (nSPS) is 12.9. The van der Waals surface area contributed by atoms with E-state index in [1.54, 1.807) is 24.3 Å². The molecule has 5 nitrogen and oxygen atoms in total. The molecule has 136 valence electrons. The van der Waals surface area contributed by atoms with Gasteiger partial charge in [-0.15, -0.1) is 0 Å². The van der Waals surface area contributed by atoms with Crippen molar-refractivity contribution in [1.82, 2.24) is 0 Å². The topological polar surface area (TPSA) is 86.5 Å². The van der Waals surface area contributed by atoms with Gasteiger partial charge in [0.15, 0.2) is 0 Å². The van der Waals surface area contributed by atoms with Gasteiger partial charge < -0.3 is 5.73 Å². The van der Waals surface area contributed by atoms with Crippen LogP contribution in [0.25, 0.3) is 0 Å². The Morgan fingerprint density at radius 3 is 2.33 bits per heavy atom. The molecule has 1 atom stereocenters. The van der Waals surface area contributed by atoms with Gasteiger partial charge >= 0.3 is 0 Å². The molecular formula is C18H29NO4S. The molecule has 6 heteroatoms. The third-order valence-corrected chi connectivity index (χ3v) is 5.03. The highest BCUT2D eigenvalue weighted by Crippen LogP contribution is 2.17. The van der Waals surface area contributed by atoms with Gasteiger partial charge in [0.2, 0.25) is 5.91 Å².